The molecule has 0 radical (unpaired) electrons. The van der Waals surface area contributed by atoms with Crippen molar-refractivity contribution in [3.8, 4) is 22.6 Å². The predicted molar refractivity (Wildman–Crippen MR) is 221 cm³/mol. The van der Waals surface area contributed by atoms with E-state index in [-0.39, 0.29) is 5.41 Å². The smallest absolute Gasteiger partial charge is 0.156 e. The minimum atomic E-state index is -0.254. The summed E-state index contributed by atoms with van der Waals surface area (Å²) in [6.07, 6.45) is 1.99. The van der Waals surface area contributed by atoms with Gasteiger partial charge in [0, 0.05) is 49.0 Å². The molecule has 0 saturated heterocycles. The van der Waals surface area contributed by atoms with E-state index in [2.05, 4.69) is 175 Å². The van der Waals surface area contributed by atoms with Gasteiger partial charge >= 0.3 is 0 Å². The number of nitrogens with zero attached hydrogens (tertiary/aromatic N) is 4. The molecule has 0 atom stereocenters. The molecule has 0 saturated carbocycles. The first-order chi connectivity index (χ1) is 26.1. The van der Waals surface area contributed by atoms with E-state index < -0.39 is 0 Å². The molecule has 53 heavy (non-hydrogen) atoms. The van der Waals surface area contributed by atoms with Crippen LogP contribution in [0.4, 0.5) is 0 Å². The van der Waals surface area contributed by atoms with Crippen LogP contribution >= 0.6 is 0 Å². The van der Waals surface area contributed by atoms with E-state index in [1.54, 1.807) is 0 Å². The number of hydrogen-bond acceptors (Lipinski definition) is 2. The third-order valence-electron chi connectivity index (χ3n) is 11.9. The normalized spacial score (nSPS) is 13.6. The molecule has 0 spiro atoms. The topological polar surface area (TPSA) is 35.6 Å². The van der Waals surface area contributed by atoms with Crippen LogP contribution in [0.25, 0.3) is 98.8 Å². The van der Waals surface area contributed by atoms with Crippen molar-refractivity contribution in [2.45, 2.75) is 19.3 Å². The molecule has 0 amide bonds. The molecule has 12 rings (SSSR count). The lowest BCUT2D eigenvalue weighted by atomic mass is 9.80. The Kier molecular flexibility index (Phi) is 5.54. The van der Waals surface area contributed by atoms with Crippen molar-refractivity contribution in [3.63, 3.8) is 0 Å². The molecule has 0 bridgehead atoms. The molecule has 248 valence electrons. The molecule has 1 aliphatic carbocycles. The second-order valence-corrected chi connectivity index (χ2v) is 14.9. The highest BCUT2D eigenvalue weighted by Gasteiger charge is 2.41. The van der Waals surface area contributed by atoms with Crippen molar-refractivity contribution in [2.24, 2.45) is 0 Å². The van der Waals surface area contributed by atoms with Crippen molar-refractivity contribution < 1.29 is 0 Å². The fourth-order valence-corrected chi connectivity index (χ4v) is 9.76. The summed E-state index contributed by atoms with van der Waals surface area (Å²) < 4.78 is 4.90. The van der Waals surface area contributed by atoms with Crippen LogP contribution < -0.4 is 0 Å². The monoisotopic (exact) mass is 676 g/mol. The van der Waals surface area contributed by atoms with Crippen LogP contribution in [0.2, 0.25) is 0 Å². The molecule has 8 aromatic carbocycles. The molecule has 1 aliphatic rings. The van der Waals surface area contributed by atoms with Gasteiger partial charge in [-0.3, -0.25) is 9.55 Å². The summed E-state index contributed by atoms with van der Waals surface area (Å²) >= 11 is 0. The minimum absolute atomic E-state index is 0.254. The van der Waals surface area contributed by atoms with Crippen molar-refractivity contribution in [2.75, 3.05) is 0 Å². The Morgan fingerprint density at radius 2 is 1.02 bits per heavy atom. The van der Waals surface area contributed by atoms with E-state index in [0.717, 1.165) is 38.8 Å². The van der Waals surface area contributed by atoms with Gasteiger partial charge in [0.05, 0.1) is 39.3 Å². The molecule has 3 aromatic heterocycles. The summed E-state index contributed by atoms with van der Waals surface area (Å²) in [6.45, 7) is 4.80. The number of para-hydroxylation sites is 3. The lowest BCUT2D eigenvalue weighted by Gasteiger charge is -2.23. The zero-order valence-corrected chi connectivity index (χ0v) is 29.3. The van der Waals surface area contributed by atoms with Crippen LogP contribution in [0.5, 0.6) is 0 Å². The Labute approximate surface area is 305 Å². The summed E-state index contributed by atoms with van der Waals surface area (Å²) in [6, 6.07) is 54.8. The number of rotatable bonds is 2. The summed E-state index contributed by atoms with van der Waals surface area (Å²) in [5.74, 6) is 0.815. The Hall–Kier alpha value is -6.78. The number of benzene rings is 8. The van der Waals surface area contributed by atoms with Crippen molar-refractivity contribution in [1.82, 2.24) is 19.1 Å². The maximum Gasteiger partial charge on any atom is 0.156 e. The van der Waals surface area contributed by atoms with Gasteiger partial charge in [0.25, 0.3) is 0 Å². The molecule has 4 nitrogen and oxygen atoms in total. The standard InChI is InChI=1S/C49H32N4/c1-49(2)37-25-13-10-22-34(37)41-44(49)42-35-23-11-15-27-39(35)53(48(42)43-36-24-12-14-26-38(36)52(47(41)43)29-16-4-3-5-17-29)40-28-50-45-32-20-8-6-18-30(32)31-19-7-9-21-33(31)46(45)51-40/h3-28H,1-2H3. The largest absolute Gasteiger partial charge is 0.309 e. The molecule has 0 aliphatic heterocycles. The van der Waals surface area contributed by atoms with Gasteiger partial charge in [-0.2, -0.15) is 0 Å². The van der Waals surface area contributed by atoms with Gasteiger partial charge in [-0.05, 0) is 51.7 Å². The highest BCUT2D eigenvalue weighted by Crippen LogP contribution is 2.58. The van der Waals surface area contributed by atoms with Gasteiger partial charge in [0.1, 0.15) is 0 Å². The second kappa shape index (κ2) is 10.2. The van der Waals surface area contributed by atoms with E-state index in [1.807, 2.05) is 6.20 Å². The molecule has 3 heterocycles. The fraction of sp³-hybridized carbons (Fsp3) is 0.0612. The Bertz CT molecular complexity index is 3330. The molecular formula is C49H32N4. The summed E-state index contributed by atoms with van der Waals surface area (Å²) in [5, 5.41) is 9.57. The third-order valence-corrected chi connectivity index (χ3v) is 11.9. The third kappa shape index (κ3) is 3.60. The van der Waals surface area contributed by atoms with Crippen LogP contribution in [-0.4, -0.2) is 19.1 Å². The highest BCUT2D eigenvalue weighted by molar-refractivity contribution is 6.32. The van der Waals surface area contributed by atoms with Crippen molar-refractivity contribution in [1.29, 1.82) is 0 Å². The van der Waals surface area contributed by atoms with E-state index in [9.17, 15) is 0 Å². The van der Waals surface area contributed by atoms with Crippen LogP contribution in [0.3, 0.4) is 0 Å². The predicted octanol–water partition coefficient (Wildman–Crippen LogP) is 12.4. The SMILES string of the molecule is CC1(C)c2ccccc2-c2c1c1c3ccccc3n(-c3cnc4c5ccccc5c5ccccc5c4n3)c1c1c3ccccc3n(-c3ccccc3)c21. The van der Waals surface area contributed by atoms with Crippen molar-refractivity contribution in [3.05, 3.63) is 169 Å². The second-order valence-electron chi connectivity index (χ2n) is 14.9. The Morgan fingerprint density at radius 1 is 0.472 bits per heavy atom. The molecule has 11 aromatic rings. The lowest BCUT2D eigenvalue weighted by Crippen LogP contribution is -2.15. The van der Waals surface area contributed by atoms with Gasteiger partial charge in [-0.25, -0.2) is 4.98 Å². The highest BCUT2D eigenvalue weighted by atomic mass is 15.1. The number of hydrogen-bond donors (Lipinski definition) is 0. The van der Waals surface area contributed by atoms with Crippen LogP contribution in [-0.2, 0) is 5.41 Å². The van der Waals surface area contributed by atoms with E-state index >= 15 is 0 Å². The summed E-state index contributed by atoms with van der Waals surface area (Å²) in [4.78, 5) is 10.9. The van der Waals surface area contributed by atoms with Crippen LogP contribution in [0, 0.1) is 0 Å². The van der Waals surface area contributed by atoms with Gasteiger partial charge in [0.15, 0.2) is 5.82 Å². The van der Waals surface area contributed by atoms with E-state index in [1.165, 1.54) is 71.1 Å². The Morgan fingerprint density at radius 3 is 1.74 bits per heavy atom. The maximum absolute atomic E-state index is 5.61. The maximum atomic E-state index is 5.61. The van der Waals surface area contributed by atoms with Gasteiger partial charge in [-0.1, -0.05) is 141 Å². The zero-order chi connectivity index (χ0) is 35.0. The average molecular weight is 677 g/mol. The molecule has 4 heteroatoms. The van der Waals surface area contributed by atoms with Gasteiger partial charge in [-0.15, -0.1) is 0 Å². The Balaban J connectivity index is 1.35. The first-order valence-electron chi connectivity index (χ1n) is 18.4. The fourth-order valence-electron chi connectivity index (χ4n) is 9.76. The zero-order valence-electron chi connectivity index (χ0n) is 29.3. The summed E-state index contributed by atoms with van der Waals surface area (Å²) in [7, 11) is 0. The first kappa shape index (κ1) is 28.9. The number of fused-ring (bicyclic) bond motifs is 18. The van der Waals surface area contributed by atoms with Gasteiger partial charge < -0.3 is 4.57 Å². The van der Waals surface area contributed by atoms with Crippen LogP contribution in [0.1, 0.15) is 25.0 Å². The lowest BCUT2D eigenvalue weighted by molar-refractivity contribution is 0.667. The van der Waals surface area contributed by atoms with Crippen LogP contribution in [0.15, 0.2) is 158 Å². The van der Waals surface area contributed by atoms with Gasteiger partial charge in [0.2, 0.25) is 0 Å². The quantitative estimate of drug-likeness (QED) is 0.171. The molecule has 0 N–H and O–H groups in total. The van der Waals surface area contributed by atoms with E-state index in [4.69, 9.17) is 9.97 Å². The molecular weight excluding hydrogens is 645 g/mol. The molecule has 0 fully saturated rings. The average Bonchev–Trinajstić information content (AvgIpc) is 3.81. The minimum Gasteiger partial charge on any atom is -0.309 e. The molecule has 0 unspecified atom stereocenters. The number of aromatic nitrogens is 4. The first-order valence-corrected chi connectivity index (χ1v) is 18.4. The van der Waals surface area contributed by atoms with Crippen molar-refractivity contribution >= 4 is 76.2 Å². The van der Waals surface area contributed by atoms with E-state index in [0.29, 0.717) is 0 Å². The summed E-state index contributed by atoms with van der Waals surface area (Å²) in [5.41, 5.74) is 12.8.